The SMILES string of the molecule is CC1CC(c2ccccn2)CC(COc2cc(C(F)(F)F)c3nc[nH]c3c2)N1.CC1CCC1. The van der Waals surface area contributed by atoms with E-state index in [0.717, 1.165) is 30.5 Å². The number of hydrogen-bond donors (Lipinski definition) is 2. The molecule has 2 aliphatic rings. The molecule has 1 aromatic carbocycles. The van der Waals surface area contributed by atoms with E-state index in [1.807, 2.05) is 18.2 Å². The van der Waals surface area contributed by atoms with E-state index in [0.29, 0.717) is 11.4 Å². The van der Waals surface area contributed by atoms with Crippen LogP contribution in [0.3, 0.4) is 0 Å². The summed E-state index contributed by atoms with van der Waals surface area (Å²) in [5.74, 6) is 1.54. The van der Waals surface area contributed by atoms with Crippen LogP contribution in [0.4, 0.5) is 13.2 Å². The number of hydrogen-bond acceptors (Lipinski definition) is 4. The van der Waals surface area contributed by atoms with Gasteiger partial charge in [0.1, 0.15) is 17.9 Å². The van der Waals surface area contributed by atoms with Crippen LogP contribution in [0.25, 0.3) is 11.0 Å². The molecule has 5 rings (SSSR count). The minimum Gasteiger partial charge on any atom is -0.492 e. The Labute approximate surface area is 192 Å². The van der Waals surface area contributed by atoms with Crippen molar-refractivity contribution in [3.05, 3.63) is 54.1 Å². The van der Waals surface area contributed by atoms with Crippen LogP contribution in [-0.4, -0.2) is 33.6 Å². The molecule has 2 aromatic heterocycles. The fourth-order valence-corrected chi connectivity index (χ4v) is 4.51. The first kappa shape index (κ1) is 23.5. The largest absolute Gasteiger partial charge is 0.492 e. The van der Waals surface area contributed by atoms with Crippen LogP contribution in [0.1, 0.15) is 63.1 Å². The van der Waals surface area contributed by atoms with Crippen LogP contribution in [0.15, 0.2) is 42.9 Å². The Balaban J connectivity index is 0.000000459. The van der Waals surface area contributed by atoms with Crippen molar-refractivity contribution in [2.24, 2.45) is 5.92 Å². The summed E-state index contributed by atoms with van der Waals surface area (Å²) in [6.07, 6.45) is 4.79. The number of imidazole rings is 1. The van der Waals surface area contributed by atoms with E-state index < -0.39 is 11.7 Å². The van der Waals surface area contributed by atoms with Crippen molar-refractivity contribution in [2.45, 2.75) is 70.1 Å². The highest BCUT2D eigenvalue weighted by Gasteiger charge is 2.35. The number of fused-ring (bicyclic) bond motifs is 1. The summed E-state index contributed by atoms with van der Waals surface area (Å²) < 4.78 is 45.8. The average Bonchev–Trinajstić information content (AvgIpc) is 3.24. The first-order valence-electron chi connectivity index (χ1n) is 11.6. The van der Waals surface area contributed by atoms with Crippen molar-refractivity contribution in [1.82, 2.24) is 20.3 Å². The molecule has 178 valence electrons. The molecule has 8 heteroatoms. The highest BCUT2D eigenvalue weighted by Crippen LogP contribution is 2.36. The topological polar surface area (TPSA) is 62.8 Å². The average molecular weight is 461 g/mol. The van der Waals surface area contributed by atoms with E-state index in [4.69, 9.17) is 4.74 Å². The lowest BCUT2D eigenvalue weighted by atomic mass is 9.86. The first-order valence-corrected chi connectivity index (χ1v) is 11.6. The molecule has 1 saturated carbocycles. The molecule has 0 radical (unpaired) electrons. The smallest absolute Gasteiger partial charge is 0.418 e. The maximum absolute atomic E-state index is 13.3. The highest BCUT2D eigenvalue weighted by molar-refractivity contribution is 5.80. The molecule has 3 heterocycles. The van der Waals surface area contributed by atoms with Gasteiger partial charge in [-0.25, -0.2) is 4.98 Å². The fraction of sp³-hybridized carbons (Fsp3) is 0.520. The maximum Gasteiger partial charge on any atom is 0.418 e. The van der Waals surface area contributed by atoms with E-state index in [2.05, 4.69) is 34.1 Å². The van der Waals surface area contributed by atoms with Crippen LogP contribution >= 0.6 is 0 Å². The molecule has 2 N–H and O–H groups in total. The number of nitrogens with one attached hydrogen (secondary N) is 2. The van der Waals surface area contributed by atoms with Gasteiger partial charge >= 0.3 is 6.18 Å². The lowest BCUT2D eigenvalue weighted by Gasteiger charge is -2.34. The molecular formula is C25H31F3N4O. The summed E-state index contributed by atoms with van der Waals surface area (Å²) in [6.45, 7) is 4.69. The number of aromatic amines is 1. The van der Waals surface area contributed by atoms with Gasteiger partial charge in [0, 0.05) is 36.0 Å². The fourth-order valence-electron chi connectivity index (χ4n) is 4.51. The number of H-pyrrole nitrogens is 1. The predicted molar refractivity (Wildman–Crippen MR) is 122 cm³/mol. The molecule has 2 fully saturated rings. The second-order valence-corrected chi connectivity index (χ2v) is 9.30. The van der Waals surface area contributed by atoms with E-state index >= 15 is 0 Å². The summed E-state index contributed by atoms with van der Waals surface area (Å²) in [5.41, 5.74) is 0.456. The van der Waals surface area contributed by atoms with Crippen molar-refractivity contribution in [1.29, 1.82) is 0 Å². The van der Waals surface area contributed by atoms with Crippen molar-refractivity contribution in [3.8, 4) is 5.75 Å². The van der Waals surface area contributed by atoms with E-state index in [-0.39, 0.29) is 30.0 Å². The number of alkyl halides is 3. The van der Waals surface area contributed by atoms with Crippen LogP contribution in [0, 0.1) is 5.92 Å². The Kier molecular flexibility index (Phi) is 7.22. The number of piperidine rings is 1. The predicted octanol–water partition coefficient (Wildman–Crippen LogP) is 6.09. The molecule has 0 amide bonds. The van der Waals surface area contributed by atoms with Gasteiger partial charge in [0.15, 0.2) is 0 Å². The van der Waals surface area contributed by atoms with Gasteiger partial charge in [0.2, 0.25) is 0 Å². The zero-order chi connectivity index (χ0) is 23.4. The van der Waals surface area contributed by atoms with Crippen LogP contribution in [0.5, 0.6) is 5.75 Å². The van der Waals surface area contributed by atoms with Crippen LogP contribution < -0.4 is 10.1 Å². The molecule has 33 heavy (non-hydrogen) atoms. The van der Waals surface area contributed by atoms with Gasteiger partial charge in [-0.3, -0.25) is 4.98 Å². The Bertz CT molecular complexity index is 1030. The number of pyridine rings is 1. The van der Waals surface area contributed by atoms with Crippen LogP contribution in [-0.2, 0) is 6.18 Å². The Hall–Kier alpha value is -2.61. The third kappa shape index (κ3) is 6.05. The number of benzene rings is 1. The monoisotopic (exact) mass is 460 g/mol. The standard InChI is InChI=1S/C20H21F3N4O.C5H10/c1-12-6-13(17-4-2-3-5-24-17)7-14(27-12)10-28-15-8-16(20(21,22)23)19-18(9-15)25-11-26-19;1-5-3-2-4-5/h2-5,8-9,11-14,27H,6-7,10H2,1H3,(H,25,26);5H,2-4H2,1H3. The lowest BCUT2D eigenvalue weighted by Crippen LogP contribution is -2.46. The summed E-state index contributed by atoms with van der Waals surface area (Å²) in [5, 5.41) is 3.47. The van der Waals surface area contributed by atoms with Crippen molar-refractivity contribution in [3.63, 3.8) is 0 Å². The third-order valence-electron chi connectivity index (χ3n) is 6.48. The molecule has 0 bridgehead atoms. The van der Waals surface area contributed by atoms with Gasteiger partial charge in [-0.1, -0.05) is 32.3 Å². The summed E-state index contributed by atoms with van der Waals surface area (Å²) >= 11 is 0. The molecular weight excluding hydrogens is 429 g/mol. The van der Waals surface area contributed by atoms with Crippen molar-refractivity contribution in [2.75, 3.05) is 6.61 Å². The third-order valence-corrected chi connectivity index (χ3v) is 6.48. The van der Waals surface area contributed by atoms with E-state index in [9.17, 15) is 13.2 Å². The Morgan fingerprint density at radius 3 is 2.52 bits per heavy atom. The molecule has 1 aliphatic heterocycles. The van der Waals surface area contributed by atoms with Crippen molar-refractivity contribution < 1.29 is 17.9 Å². The molecule has 5 nitrogen and oxygen atoms in total. The van der Waals surface area contributed by atoms with Gasteiger partial charge < -0.3 is 15.0 Å². The molecule has 1 saturated heterocycles. The normalized spacial score (nSPS) is 23.5. The number of rotatable bonds is 4. The number of ether oxygens (including phenoxy) is 1. The Morgan fingerprint density at radius 2 is 1.88 bits per heavy atom. The maximum atomic E-state index is 13.3. The molecule has 3 atom stereocenters. The zero-order valence-electron chi connectivity index (χ0n) is 19.0. The van der Waals surface area contributed by atoms with Gasteiger partial charge in [-0.05, 0) is 43.9 Å². The highest BCUT2D eigenvalue weighted by atomic mass is 19.4. The van der Waals surface area contributed by atoms with E-state index in [1.165, 1.54) is 25.6 Å². The molecule has 1 aliphatic carbocycles. The van der Waals surface area contributed by atoms with Gasteiger partial charge in [0.25, 0.3) is 0 Å². The second kappa shape index (κ2) is 10.1. The number of halogens is 3. The van der Waals surface area contributed by atoms with Crippen molar-refractivity contribution >= 4 is 11.0 Å². The van der Waals surface area contributed by atoms with Gasteiger partial charge in [-0.2, -0.15) is 13.2 Å². The second-order valence-electron chi connectivity index (χ2n) is 9.30. The molecule has 3 aromatic rings. The summed E-state index contributed by atoms with van der Waals surface area (Å²) in [6, 6.07) is 8.75. The van der Waals surface area contributed by atoms with Crippen LogP contribution in [0.2, 0.25) is 0 Å². The zero-order valence-corrected chi connectivity index (χ0v) is 19.0. The first-order chi connectivity index (χ1) is 15.8. The minimum absolute atomic E-state index is 0.0301. The van der Waals surface area contributed by atoms with Gasteiger partial charge in [0.05, 0.1) is 17.4 Å². The summed E-state index contributed by atoms with van der Waals surface area (Å²) in [4.78, 5) is 11.0. The Morgan fingerprint density at radius 1 is 1.09 bits per heavy atom. The number of aromatic nitrogens is 3. The quantitative estimate of drug-likeness (QED) is 0.495. The lowest BCUT2D eigenvalue weighted by molar-refractivity contribution is -0.136. The summed E-state index contributed by atoms with van der Waals surface area (Å²) in [7, 11) is 0. The number of nitrogens with zero attached hydrogens (tertiary/aromatic N) is 2. The molecule has 3 unspecified atom stereocenters. The van der Waals surface area contributed by atoms with E-state index in [1.54, 1.807) is 12.3 Å². The van der Waals surface area contributed by atoms with Gasteiger partial charge in [-0.15, -0.1) is 0 Å². The molecule has 0 spiro atoms. The minimum atomic E-state index is -4.49.